The van der Waals surface area contributed by atoms with Crippen molar-refractivity contribution in [1.29, 1.82) is 0 Å². The van der Waals surface area contributed by atoms with Crippen LogP contribution in [0, 0.1) is 5.92 Å². The zero-order valence-corrected chi connectivity index (χ0v) is 21.5. The summed E-state index contributed by atoms with van der Waals surface area (Å²) in [5, 5.41) is 14.5. The molecule has 8 nitrogen and oxygen atoms in total. The second-order valence-electron chi connectivity index (χ2n) is 9.19. The first-order chi connectivity index (χ1) is 17.3. The van der Waals surface area contributed by atoms with Gasteiger partial charge in [0.2, 0.25) is 5.91 Å². The largest absolute Gasteiger partial charge is 0.491 e. The van der Waals surface area contributed by atoms with Crippen molar-refractivity contribution < 1.29 is 24.2 Å². The molecule has 9 heteroatoms. The number of aliphatic hydroxyl groups is 1. The molecule has 1 aromatic heterocycles. The molecule has 36 heavy (non-hydrogen) atoms. The van der Waals surface area contributed by atoms with Crippen molar-refractivity contribution in [2.75, 3.05) is 26.3 Å². The van der Waals surface area contributed by atoms with E-state index in [1.807, 2.05) is 42.5 Å². The van der Waals surface area contributed by atoms with Crippen LogP contribution in [0.1, 0.15) is 43.6 Å². The Morgan fingerprint density at radius 2 is 1.97 bits per heavy atom. The first-order valence-corrected chi connectivity index (χ1v) is 12.6. The van der Waals surface area contributed by atoms with E-state index < -0.39 is 6.10 Å². The van der Waals surface area contributed by atoms with Gasteiger partial charge in [0.15, 0.2) is 0 Å². The van der Waals surface area contributed by atoms with E-state index in [0.717, 1.165) is 27.7 Å². The highest BCUT2D eigenvalue weighted by Gasteiger charge is 2.35. The lowest BCUT2D eigenvalue weighted by atomic mass is 9.92. The highest BCUT2D eigenvalue weighted by Crippen LogP contribution is 2.39. The summed E-state index contributed by atoms with van der Waals surface area (Å²) in [5.41, 5.74) is 3.96. The third-order valence-corrected chi connectivity index (χ3v) is 6.50. The molecular formula is C27H32ClN3O5. The molecule has 3 N–H and O–H groups in total. The molecule has 0 saturated heterocycles. The van der Waals surface area contributed by atoms with Gasteiger partial charge in [0.1, 0.15) is 24.5 Å². The van der Waals surface area contributed by atoms with Crippen molar-refractivity contribution in [2.24, 2.45) is 5.92 Å². The minimum atomic E-state index is -0.828. The second kappa shape index (κ2) is 11.2. The number of aromatic amines is 1. The van der Waals surface area contributed by atoms with Crippen LogP contribution in [0.4, 0.5) is 4.79 Å². The molecule has 4 rings (SSSR count). The maximum Gasteiger partial charge on any atom is 0.410 e. The number of benzene rings is 2. The normalized spacial score (nSPS) is 16.1. The number of ether oxygens (including phenoxy) is 2. The van der Waals surface area contributed by atoms with E-state index in [1.54, 1.807) is 25.7 Å². The minimum absolute atomic E-state index is 0.0447. The molecule has 0 radical (unpaired) electrons. The van der Waals surface area contributed by atoms with Crippen LogP contribution in [0.25, 0.3) is 10.9 Å². The lowest BCUT2D eigenvalue weighted by Gasteiger charge is -2.35. The fourth-order valence-electron chi connectivity index (χ4n) is 4.43. The summed E-state index contributed by atoms with van der Waals surface area (Å²) in [5.74, 6) is 0.320. The van der Waals surface area contributed by atoms with E-state index >= 15 is 0 Å². The quantitative estimate of drug-likeness (QED) is 0.413. The monoisotopic (exact) mass is 513 g/mol. The smallest absolute Gasteiger partial charge is 0.410 e. The molecule has 2 aromatic carbocycles. The fourth-order valence-corrected chi connectivity index (χ4v) is 4.60. The van der Waals surface area contributed by atoms with Crippen LogP contribution >= 0.6 is 11.6 Å². The molecule has 2 atom stereocenters. The first kappa shape index (κ1) is 25.9. The molecule has 1 aliphatic heterocycles. The number of halogens is 1. The number of nitrogens with zero attached hydrogens (tertiary/aromatic N) is 1. The highest BCUT2D eigenvalue weighted by atomic mass is 35.5. The molecular weight excluding hydrogens is 482 g/mol. The fraction of sp³-hybridized carbons (Fsp3) is 0.407. The van der Waals surface area contributed by atoms with E-state index in [1.165, 1.54) is 0 Å². The van der Waals surface area contributed by atoms with Crippen molar-refractivity contribution in [3.63, 3.8) is 0 Å². The van der Waals surface area contributed by atoms with Gasteiger partial charge in [-0.1, -0.05) is 37.6 Å². The second-order valence-corrected chi connectivity index (χ2v) is 9.62. The van der Waals surface area contributed by atoms with Gasteiger partial charge in [-0.15, -0.1) is 0 Å². The van der Waals surface area contributed by atoms with Crippen LogP contribution in [0.15, 0.2) is 42.5 Å². The molecule has 0 aliphatic carbocycles. The topological polar surface area (TPSA) is 104 Å². The van der Waals surface area contributed by atoms with E-state index in [2.05, 4.69) is 10.3 Å². The zero-order valence-electron chi connectivity index (χ0n) is 20.7. The number of H-pyrrole nitrogens is 1. The molecule has 192 valence electrons. The third-order valence-electron chi connectivity index (χ3n) is 6.27. The van der Waals surface area contributed by atoms with Gasteiger partial charge in [-0.25, -0.2) is 4.79 Å². The van der Waals surface area contributed by atoms with Gasteiger partial charge in [0.25, 0.3) is 0 Å². The summed E-state index contributed by atoms with van der Waals surface area (Å²) in [6.45, 7) is 6.36. The van der Waals surface area contributed by atoms with Gasteiger partial charge in [-0.3, -0.25) is 9.69 Å². The average molecular weight is 514 g/mol. The van der Waals surface area contributed by atoms with Gasteiger partial charge in [0.05, 0.1) is 6.61 Å². The summed E-state index contributed by atoms with van der Waals surface area (Å²) in [4.78, 5) is 29.8. The Morgan fingerprint density at radius 1 is 1.22 bits per heavy atom. The van der Waals surface area contributed by atoms with Crippen molar-refractivity contribution in [3.05, 3.63) is 64.3 Å². The Labute approximate surface area is 215 Å². The van der Waals surface area contributed by atoms with Crippen LogP contribution in [-0.2, 0) is 16.0 Å². The van der Waals surface area contributed by atoms with Crippen LogP contribution in [0.3, 0.4) is 0 Å². The Balaban J connectivity index is 1.54. The predicted octanol–water partition coefficient (Wildman–Crippen LogP) is 4.44. The van der Waals surface area contributed by atoms with Crippen molar-refractivity contribution in [2.45, 2.75) is 39.3 Å². The van der Waals surface area contributed by atoms with E-state index in [0.29, 0.717) is 30.3 Å². The summed E-state index contributed by atoms with van der Waals surface area (Å²) in [6, 6.07) is 12.8. The van der Waals surface area contributed by atoms with E-state index in [-0.39, 0.29) is 37.1 Å². The lowest BCUT2D eigenvalue weighted by molar-refractivity contribution is -0.124. The number of carbonyl (C=O) groups is 2. The number of aliphatic hydroxyl groups excluding tert-OH is 1. The van der Waals surface area contributed by atoms with Crippen molar-refractivity contribution in [3.8, 4) is 5.75 Å². The van der Waals surface area contributed by atoms with Crippen LogP contribution in [0.5, 0.6) is 5.75 Å². The number of fused-ring (bicyclic) bond motifs is 3. The molecule has 0 fully saturated rings. The van der Waals surface area contributed by atoms with Crippen molar-refractivity contribution in [1.82, 2.24) is 15.2 Å². The van der Waals surface area contributed by atoms with Gasteiger partial charge in [0, 0.05) is 40.6 Å². The standard InChI is InChI=1S/C27H32ClN3O5/c1-4-35-27(34)31-12-11-21-22-13-18(28)7-10-23(22)30-24(21)25(31)17-5-8-20(9-6-17)36-15-19(32)14-29-26(33)16(2)3/h5-10,13,16,19,25,30,32H,4,11-12,14-15H2,1-3H3,(H,29,33). The lowest BCUT2D eigenvalue weighted by Crippen LogP contribution is -2.41. The molecule has 2 heterocycles. The molecule has 0 saturated carbocycles. The van der Waals surface area contributed by atoms with Crippen LogP contribution in [-0.4, -0.2) is 59.4 Å². The number of hydrogen-bond donors (Lipinski definition) is 3. The van der Waals surface area contributed by atoms with Gasteiger partial charge < -0.3 is 24.9 Å². The van der Waals surface area contributed by atoms with E-state index in [9.17, 15) is 14.7 Å². The van der Waals surface area contributed by atoms with Crippen LogP contribution in [0.2, 0.25) is 5.02 Å². The molecule has 0 bridgehead atoms. The molecule has 2 amide bonds. The summed E-state index contributed by atoms with van der Waals surface area (Å²) in [7, 11) is 0. The maximum absolute atomic E-state index is 12.8. The minimum Gasteiger partial charge on any atom is -0.491 e. The highest BCUT2D eigenvalue weighted by molar-refractivity contribution is 6.31. The van der Waals surface area contributed by atoms with Gasteiger partial charge in [-0.2, -0.15) is 0 Å². The Hall–Kier alpha value is -3.23. The Morgan fingerprint density at radius 3 is 2.67 bits per heavy atom. The van der Waals surface area contributed by atoms with Gasteiger partial charge >= 0.3 is 6.09 Å². The number of nitrogens with one attached hydrogen (secondary N) is 2. The predicted molar refractivity (Wildman–Crippen MR) is 138 cm³/mol. The molecule has 2 unspecified atom stereocenters. The van der Waals surface area contributed by atoms with Gasteiger partial charge in [-0.05, 0) is 54.8 Å². The zero-order chi connectivity index (χ0) is 25.8. The number of hydrogen-bond acceptors (Lipinski definition) is 5. The number of rotatable bonds is 8. The molecule has 0 spiro atoms. The summed E-state index contributed by atoms with van der Waals surface area (Å²) >= 11 is 6.26. The van der Waals surface area contributed by atoms with Crippen LogP contribution < -0.4 is 10.1 Å². The van der Waals surface area contributed by atoms with E-state index in [4.69, 9.17) is 21.1 Å². The third kappa shape index (κ3) is 5.60. The summed E-state index contributed by atoms with van der Waals surface area (Å²) in [6.07, 6.45) is -0.500. The van der Waals surface area contributed by atoms with Crippen molar-refractivity contribution >= 4 is 34.5 Å². The first-order valence-electron chi connectivity index (χ1n) is 12.2. The SMILES string of the molecule is CCOC(=O)N1CCc2c([nH]c3ccc(Cl)cc23)C1c1ccc(OCC(O)CNC(=O)C(C)C)cc1. The molecule has 3 aromatic rings. The Bertz CT molecular complexity index is 1220. The summed E-state index contributed by atoms with van der Waals surface area (Å²) < 4.78 is 11.1. The average Bonchev–Trinajstić information content (AvgIpc) is 3.23. The number of carbonyl (C=O) groups excluding carboxylic acids is 2. The number of aromatic nitrogens is 1. The molecule has 1 aliphatic rings. The Kier molecular flexibility index (Phi) is 8.06. The maximum atomic E-state index is 12.8. The number of amides is 2.